The van der Waals surface area contributed by atoms with Crippen LogP contribution in [0.3, 0.4) is 0 Å². The van der Waals surface area contributed by atoms with Crippen molar-refractivity contribution in [2.75, 3.05) is 6.54 Å². The van der Waals surface area contributed by atoms with Gasteiger partial charge in [-0.05, 0) is 60.4 Å². The van der Waals surface area contributed by atoms with Gasteiger partial charge < -0.3 is 15.0 Å². The van der Waals surface area contributed by atoms with Gasteiger partial charge >= 0.3 is 0 Å². The first-order valence-electron chi connectivity index (χ1n) is 11.9. The Morgan fingerprint density at radius 2 is 1.97 bits per heavy atom. The van der Waals surface area contributed by atoms with E-state index < -0.39 is 6.10 Å². The number of aliphatic hydroxyl groups is 1. The number of H-pyrrole nitrogens is 1. The van der Waals surface area contributed by atoms with Crippen molar-refractivity contribution in [1.29, 1.82) is 0 Å². The number of hydrogen-bond donors (Lipinski definition) is 2. The lowest BCUT2D eigenvalue weighted by Gasteiger charge is -2.30. The van der Waals surface area contributed by atoms with Gasteiger partial charge in [0.25, 0.3) is 11.5 Å². The van der Waals surface area contributed by atoms with Crippen molar-refractivity contribution >= 4 is 17.5 Å². The van der Waals surface area contributed by atoms with Crippen LogP contribution in [-0.4, -0.2) is 32.4 Å². The Morgan fingerprint density at radius 1 is 1.18 bits per heavy atom. The average Bonchev–Trinajstić information content (AvgIpc) is 3.77. The number of carbonyl (C=O) groups excluding carboxylic acids is 1. The monoisotopic (exact) mass is 475 g/mol. The largest absolute Gasteiger partial charge is 0.378 e. The van der Waals surface area contributed by atoms with Crippen LogP contribution in [0.1, 0.15) is 71.5 Å². The van der Waals surface area contributed by atoms with Crippen molar-refractivity contribution in [3.63, 3.8) is 0 Å². The predicted octanol–water partition coefficient (Wildman–Crippen LogP) is 4.00. The lowest BCUT2D eigenvalue weighted by atomic mass is 9.94. The predicted molar refractivity (Wildman–Crippen MR) is 129 cm³/mol. The Kier molecular flexibility index (Phi) is 5.12. The summed E-state index contributed by atoms with van der Waals surface area (Å²) in [6.45, 7) is 0.575. The number of nitrogens with one attached hydrogen (secondary N) is 1. The Labute approximate surface area is 202 Å². The summed E-state index contributed by atoms with van der Waals surface area (Å²) in [5, 5.41) is 11.5. The standard InChI is InChI=1S/C27H26ClN3O3/c28-20-6-2-5-19(14-20)27(10-11-27)26-29-22-9-12-31(15-21(22)24(33)30-26)25(34)23(32)18-4-1-3-17(13-18)16-7-8-16/h1-6,13-14,16,23,32H,7-12,15H2,(H,29,30,33). The van der Waals surface area contributed by atoms with Gasteiger partial charge in [-0.15, -0.1) is 0 Å². The highest BCUT2D eigenvalue weighted by Crippen LogP contribution is 2.52. The van der Waals surface area contributed by atoms with Crippen LogP contribution in [0.4, 0.5) is 0 Å². The molecule has 0 saturated heterocycles. The molecule has 1 aromatic heterocycles. The highest BCUT2D eigenvalue weighted by molar-refractivity contribution is 6.30. The summed E-state index contributed by atoms with van der Waals surface area (Å²) in [6, 6.07) is 15.4. The van der Waals surface area contributed by atoms with Crippen LogP contribution in [0.25, 0.3) is 0 Å². The zero-order valence-corrected chi connectivity index (χ0v) is 19.5. The van der Waals surface area contributed by atoms with Gasteiger partial charge in [-0.3, -0.25) is 9.59 Å². The molecule has 2 N–H and O–H groups in total. The van der Waals surface area contributed by atoms with Crippen molar-refractivity contribution in [2.24, 2.45) is 0 Å². The van der Waals surface area contributed by atoms with E-state index in [4.69, 9.17) is 16.6 Å². The molecule has 3 aliphatic rings. The van der Waals surface area contributed by atoms with Crippen molar-refractivity contribution < 1.29 is 9.90 Å². The molecular weight excluding hydrogens is 450 g/mol. The third-order valence-electron chi connectivity index (χ3n) is 7.47. The maximum Gasteiger partial charge on any atom is 0.256 e. The smallest absolute Gasteiger partial charge is 0.256 e. The fourth-order valence-electron chi connectivity index (χ4n) is 5.13. The Balaban J connectivity index is 1.24. The first-order chi connectivity index (χ1) is 16.4. The number of aliphatic hydroxyl groups excluding tert-OH is 1. The van der Waals surface area contributed by atoms with Crippen LogP contribution in [0.15, 0.2) is 53.3 Å². The number of fused-ring (bicyclic) bond motifs is 1. The highest BCUT2D eigenvalue weighted by Gasteiger charge is 2.49. The number of rotatable bonds is 5. The molecule has 0 radical (unpaired) electrons. The number of hydrogen-bond acceptors (Lipinski definition) is 4. The van der Waals surface area contributed by atoms with Gasteiger partial charge in [0.2, 0.25) is 0 Å². The number of halogens is 1. The van der Waals surface area contributed by atoms with E-state index >= 15 is 0 Å². The van der Waals surface area contributed by atoms with Crippen LogP contribution < -0.4 is 5.56 Å². The fourth-order valence-corrected chi connectivity index (χ4v) is 5.32. The molecule has 2 heterocycles. The minimum Gasteiger partial charge on any atom is -0.378 e. The quantitative estimate of drug-likeness (QED) is 0.584. The minimum absolute atomic E-state index is 0.153. The van der Waals surface area contributed by atoms with Gasteiger partial charge in [0.15, 0.2) is 6.10 Å². The second-order valence-corrected chi connectivity index (χ2v) is 10.2. The van der Waals surface area contributed by atoms with Crippen LogP contribution in [0.2, 0.25) is 5.02 Å². The summed E-state index contributed by atoms with van der Waals surface area (Å²) in [5.41, 5.74) is 3.58. The molecule has 1 amide bonds. The highest BCUT2D eigenvalue weighted by atomic mass is 35.5. The molecule has 6 nitrogen and oxygen atoms in total. The summed E-state index contributed by atoms with van der Waals surface area (Å²) in [4.78, 5) is 35.6. The second-order valence-electron chi connectivity index (χ2n) is 9.79. The molecule has 2 saturated carbocycles. The van der Waals surface area contributed by atoms with Gasteiger partial charge in [0, 0.05) is 18.0 Å². The normalized spacial score (nSPS) is 19.4. The van der Waals surface area contributed by atoms with Crippen molar-refractivity contribution in [2.45, 2.75) is 56.1 Å². The summed E-state index contributed by atoms with van der Waals surface area (Å²) in [5.74, 6) is 0.847. The van der Waals surface area contributed by atoms with Crippen LogP contribution in [0, 0.1) is 0 Å². The van der Waals surface area contributed by atoms with Gasteiger partial charge in [-0.1, -0.05) is 48.0 Å². The van der Waals surface area contributed by atoms with Crippen LogP contribution in [-0.2, 0) is 23.2 Å². The molecule has 174 valence electrons. The minimum atomic E-state index is -1.23. The number of aromatic nitrogens is 2. The molecule has 2 aliphatic carbocycles. The molecular formula is C27H26ClN3O3. The van der Waals surface area contributed by atoms with E-state index in [1.165, 1.54) is 5.56 Å². The first kappa shape index (κ1) is 21.6. The molecule has 1 atom stereocenters. The van der Waals surface area contributed by atoms with Gasteiger partial charge in [0.1, 0.15) is 5.82 Å². The van der Waals surface area contributed by atoms with E-state index in [0.717, 1.165) is 36.9 Å². The number of aromatic amines is 1. The fraction of sp³-hybridized carbons (Fsp3) is 0.370. The lowest BCUT2D eigenvalue weighted by Crippen LogP contribution is -2.42. The molecule has 7 heteroatoms. The van der Waals surface area contributed by atoms with E-state index in [0.29, 0.717) is 40.9 Å². The summed E-state index contributed by atoms with van der Waals surface area (Å²) < 4.78 is 0. The van der Waals surface area contributed by atoms with Crippen molar-refractivity contribution in [3.8, 4) is 0 Å². The molecule has 6 rings (SSSR count). The van der Waals surface area contributed by atoms with Crippen molar-refractivity contribution in [3.05, 3.63) is 97.7 Å². The van der Waals surface area contributed by atoms with Gasteiger partial charge in [-0.2, -0.15) is 0 Å². The third-order valence-corrected chi connectivity index (χ3v) is 7.70. The van der Waals surface area contributed by atoms with Crippen molar-refractivity contribution in [1.82, 2.24) is 14.9 Å². The number of amides is 1. The Hall–Kier alpha value is -2.96. The second kappa shape index (κ2) is 8.07. The summed E-state index contributed by atoms with van der Waals surface area (Å²) >= 11 is 6.21. The van der Waals surface area contributed by atoms with E-state index in [2.05, 4.69) is 4.98 Å². The van der Waals surface area contributed by atoms with E-state index in [-0.39, 0.29) is 23.4 Å². The topological polar surface area (TPSA) is 86.3 Å². The lowest BCUT2D eigenvalue weighted by molar-refractivity contribution is -0.141. The average molecular weight is 476 g/mol. The maximum atomic E-state index is 13.1. The SMILES string of the molecule is O=C(C(O)c1cccc(C2CC2)c1)N1CCc2nc(C3(c4cccc(Cl)c4)CC3)[nH]c(=O)c2C1. The zero-order chi connectivity index (χ0) is 23.4. The third kappa shape index (κ3) is 3.75. The summed E-state index contributed by atoms with van der Waals surface area (Å²) in [6.07, 6.45) is 3.39. The maximum absolute atomic E-state index is 13.1. The van der Waals surface area contributed by atoms with E-state index in [1.54, 1.807) is 11.0 Å². The van der Waals surface area contributed by atoms with Crippen LogP contribution in [0.5, 0.6) is 0 Å². The molecule has 0 bridgehead atoms. The Morgan fingerprint density at radius 3 is 2.71 bits per heavy atom. The molecule has 34 heavy (non-hydrogen) atoms. The molecule has 1 unspecified atom stereocenters. The van der Waals surface area contributed by atoms with E-state index in [9.17, 15) is 14.7 Å². The summed E-state index contributed by atoms with van der Waals surface area (Å²) in [7, 11) is 0. The molecule has 3 aromatic rings. The molecule has 2 fully saturated rings. The first-order valence-corrected chi connectivity index (χ1v) is 12.3. The number of nitrogens with zero attached hydrogens (tertiary/aromatic N) is 2. The molecule has 1 aliphatic heterocycles. The molecule has 0 spiro atoms. The Bertz CT molecular complexity index is 1340. The zero-order valence-electron chi connectivity index (χ0n) is 18.8. The molecule has 2 aromatic carbocycles. The van der Waals surface area contributed by atoms with Gasteiger partial charge in [0.05, 0.1) is 23.2 Å². The van der Waals surface area contributed by atoms with Crippen LogP contribution >= 0.6 is 11.6 Å². The van der Waals surface area contributed by atoms with Gasteiger partial charge in [-0.25, -0.2) is 4.98 Å². The number of carbonyl (C=O) groups is 1. The number of benzene rings is 2. The van der Waals surface area contributed by atoms with E-state index in [1.807, 2.05) is 42.5 Å².